The van der Waals surface area contributed by atoms with Crippen molar-refractivity contribution < 1.29 is 0 Å². The monoisotopic (exact) mass is 738 g/mol. The zero-order chi connectivity index (χ0) is 38.4. The van der Waals surface area contributed by atoms with Crippen LogP contribution >= 0.6 is 0 Å². The molecule has 11 rings (SSSR count). The third kappa shape index (κ3) is 5.66. The molecule has 0 amide bonds. The van der Waals surface area contributed by atoms with Crippen molar-refractivity contribution in [2.24, 2.45) is 0 Å². The summed E-state index contributed by atoms with van der Waals surface area (Å²) >= 11 is 0. The molecule has 0 fully saturated rings. The minimum absolute atomic E-state index is 1.09. The van der Waals surface area contributed by atoms with E-state index in [-0.39, 0.29) is 0 Å². The van der Waals surface area contributed by atoms with Gasteiger partial charge in [0.25, 0.3) is 0 Å². The first-order valence-corrected chi connectivity index (χ1v) is 19.9. The summed E-state index contributed by atoms with van der Waals surface area (Å²) in [6.07, 6.45) is 0. The van der Waals surface area contributed by atoms with Crippen LogP contribution < -0.4 is 4.90 Å². The van der Waals surface area contributed by atoms with Gasteiger partial charge in [0.2, 0.25) is 0 Å². The minimum atomic E-state index is 1.09. The third-order valence-corrected chi connectivity index (χ3v) is 11.6. The number of anilines is 3. The average Bonchev–Trinajstić information content (AvgIpc) is 3.65. The number of rotatable bonds is 7. The van der Waals surface area contributed by atoms with Gasteiger partial charge in [-0.1, -0.05) is 176 Å². The van der Waals surface area contributed by atoms with Crippen molar-refractivity contribution in [2.45, 2.75) is 0 Å². The molecule has 272 valence electrons. The van der Waals surface area contributed by atoms with E-state index in [2.05, 4.69) is 240 Å². The molecule has 10 aromatic carbocycles. The van der Waals surface area contributed by atoms with E-state index >= 15 is 0 Å². The Morgan fingerprint density at radius 1 is 0.293 bits per heavy atom. The SMILES string of the molecule is c1ccc(-c2ccc(N(c3ccc(-n4c5ccccc5c5c6c(-c7ccccc7)cccc6ccc54)cc3)c3ccc(-c4ccccc4)c4ccccc34)cc2)cc1. The summed E-state index contributed by atoms with van der Waals surface area (Å²) in [7, 11) is 0. The van der Waals surface area contributed by atoms with Gasteiger partial charge in [-0.2, -0.15) is 0 Å². The van der Waals surface area contributed by atoms with Crippen LogP contribution in [0.15, 0.2) is 231 Å². The summed E-state index contributed by atoms with van der Waals surface area (Å²) < 4.78 is 2.43. The Morgan fingerprint density at radius 2 is 0.845 bits per heavy atom. The number of hydrogen-bond donors (Lipinski definition) is 0. The Balaban J connectivity index is 1.09. The van der Waals surface area contributed by atoms with E-state index in [9.17, 15) is 0 Å². The maximum Gasteiger partial charge on any atom is 0.0547 e. The van der Waals surface area contributed by atoms with Gasteiger partial charge in [-0.05, 0) is 104 Å². The molecule has 1 aromatic heterocycles. The van der Waals surface area contributed by atoms with Gasteiger partial charge in [0, 0.05) is 33.2 Å². The molecule has 0 aliphatic rings. The topological polar surface area (TPSA) is 8.17 Å². The molecule has 2 heteroatoms. The lowest BCUT2D eigenvalue weighted by Crippen LogP contribution is -2.11. The fourth-order valence-corrected chi connectivity index (χ4v) is 8.93. The second-order valence-corrected chi connectivity index (χ2v) is 14.9. The van der Waals surface area contributed by atoms with E-state index in [0.717, 1.165) is 22.7 Å². The molecule has 0 saturated heterocycles. The predicted molar refractivity (Wildman–Crippen MR) is 247 cm³/mol. The normalized spacial score (nSPS) is 11.4. The molecular weight excluding hydrogens is 701 g/mol. The fourth-order valence-electron chi connectivity index (χ4n) is 8.93. The summed E-state index contributed by atoms with van der Waals surface area (Å²) in [5.74, 6) is 0. The third-order valence-electron chi connectivity index (χ3n) is 11.6. The highest BCUT2D eigenvalue weighted by Crippen LogP contribution is 2.44. The number of hydrogen-bond acceptors (Lipinski definition) is 1. The van der Waals surface area contributed by atoms with Crippen LogP contribution in [0, 0.1) is 0 Å². The standard InChI is InChI=1S/C56H38N2/c1-4-15-39(16-5-1)40-27-30-44(31-28-40)57(53-38-36-47(41-17-6-2-7-18-41)49-22-10-11-23-50(49)53)45-32-34-46(35-33-45)58-52-26-13-12-24-51(52)56-54(58)37-29-43-21-14-25-48(55(43)56)42-19-8-3-9-20-42/h1-38H. The van der Waals surface area contributed by atoms with Crippen LogP contribution in [0.3, 0.4) is 0 Å². The van der Waals surface area contributed by atoms with Gasteiger partial charge < -0.3 is 9.47 Å². The summed E-state index contributed by atoms with van der Waals surface area (Å²) in [6.45, 7) is 0. The van der Waals surface area contributed by atoms with E-state index in [1.807, 2.05) is 0 Å². The number of nitrogens with zero attached hydrogens (tertiary/aromatic N) is 2. The highest BCUT2D eigenvalue weighted by atomic mass is 15.1. The number of aromatic nitrogens is 1. The molecule has 0 bridgehead atoms. The number of benzene rings is 10. The second kappa shape index (κ2) is 14.1. The zero-order valence-electron chi connectivity index (χ0n) is 31.8. The molecule has 0 unspecified atom stereocenters. The first-order chi connectivity index (χ1) is 28.8. The molecule has 2 nitrogen and oxygen atoms in total. The minimum Gasteiger partial charge on any atom is -0.310 e. The summed E-state index contributed by atoms with van der Waals surface area (Å²) in [5, 5.41) is 7.48. The van der Waals surface area contributed by atoms with Crippen molar-refractivity contribution in [1.29, 1.82) is 0 Å². The molecule has 0 aliphatic heterocycles. The van der Waals surface area contributed by atoms with E-state index in [4.69, 9.17) is 0 Å². The van der Waals surface area contributed by atoms with E-state index < -0.39 is 0 Å². The lowest BCUT2D eigenvalue weighted by molar-refractivity contribution is 1.17. The van der Waals surface area contributed by atoms with Gasteiger partial charge in [-0.25, -0.2) is 0 Å². The van der Waals surface area contributed by atoms with Crippen LogP contribution in [0.1, 0.15) is 0 Å². The molecule has 0 N–H and O–H groups in total. The summed E-state index contributed by atoms with van der Waals surface area (Å²) in [5.41, 5.74) is 14.1. The van der Waals surface area contributed by atoms with Crippen molar-refractivity contribution in [1.82, 2.24) is 4.57 Å². The van der Waals surface area contributed by atoms with Crippen molar-refractivity contribution in [2.75, 3.05) is 4.90 Å². The van der Waals surface area contributed by atoms with Crippen LogP contribution in [-0.2, 0) is 0 Å². The second-order valence-electron chi connectivity index (χ2n) is 14.9. The maximum absolute atomic E-state index is 2.43. The molecule has 11 aromatic rings. The Kier molecular flexibility index (Phi) is 8.19. The van der Waals surface area contributed by atoms with E-state index in [1.165, 1.54) is 76.7 Å². The highest BCUT2D eigenvalue weighted by molar-refractivity contribution is 6.25. The van der Waals surface area contributed by atoms with Gasteiger partial charge in [0.1, 0.15) is 0 Å². The van der Waals surface area contributed by atoms with Crippen molar-refractivity contribution in [3.63, 3.8) is 0 Å². The Morgan fingerprint density at radius 3 is 1.53 bits per heavy atom. The van der Waals surface area contributed by atoms with Gasteiger partial charge in [-0.3, -0.25) is 0 Å². The van der Waals surface area contributed by atoms with E-state index in [0.29, 0.717) is 0 Å². The Hall–Kier alpha value is -7.68. The quantitative estimate of drug-likeness (QED) is 0.158. The first-order valence-electron chi connectivity index (χ1n) is 19.9. The predicted octanol–water partition coefficient (Wildman–Crippen LogP) is 15.6. The lowest BCUT2D eigenvalue weighted by atomic mass is 9.94. The van der Waals surface area contributed by atoms with Gasteiger partial charge in [0.05, 0.1) is 16.7 Å². The Bertz CT molecular complexity index is 3240. The summed E-state index contributed by atoms with van der Waals surface area (Å²) in [6, 6.07) is 83.5. The molecule has 1 heterocycles. The fraction of sp³-hybridized carbons (Fsp3) is 0. The average molecular weight is 739 g/mol. The molecule has 0 radical (unpaired) electrons. The molecule has 0 saturated carbocycles. The van der Waals surface area contributed by atoms with Crippen LogP contribution in [-0.4, -0.2) is 4.57 Å². The summed E-state index contributed by atoms with van der Waals surface area (Å²) in [4.78, 5) is 2.40. The zero-order valence-corrected chi connectivity index (χ0v) is 31.8. The maximum atomic E-state index is 2.43. The van der Waals surface area contributed by atoms with Crippen LogP contribution in [0.4, 0.5) is 17.1 Å². The molecule has 0 aliphatic carbocycles. The van der Waals surface area contributed by atoms with Gasteiger partial charge >= 0.3 is 0 Å². The first kappa shape index (κ1) is 33.6. The number of para-hydroxylation sites is 1. The largest absolute Gasteiger partial charge is 0.310 e. The van der Waals surface area contributed by atoms with Gasteiger partial charge in [-0.15, -0.1) is 0 Å². The van der Waals surface area contributed by atoms with Gasteiger partial charge in [0.15, 0.2) is 0 Å². The lowest BCUT2D eigenvalue weighted by Gasteiger charge is -2.28. The van der Waals surface area contributed by atoms with Crippen LogP contribution in [0.25, 0.3) is 82.4 Å². The van der Waals surface area contributed by atoms with Crippen molar-refractivity contribution in [3.05, 3.63) is 231 Å². The van der Waals surface area contributed by atoms with Crippen LogP contribution in [0.5, 0.6) is 0 Å². The molecule has 0 spiro atoms. The van der Waals surface area contributed by atoms with E-state index in [1.54, 1.807) is 0 Å². The van der Waals surface area contributed by atoms with Crippen molar-refractivity contribution >= 4 is 60.4 Å². The molecule has 0 atom stereocenters. The van der Waals surface area contributed by atoms with Crippen molar-refractivity contribution in [3.8, 4) is 39.1 Å². The Labute approximate surface area is 338 Å². The highest BCUT2D eigenvalue weighted by Gasteiger charge is 2.20. The number of fused-ring (bicyclic) bond motifs is 6. The smallest absolute Gasteiger partial charge is 0.0547 e. The molecular formula is C56H38N2. The van der Waals surface area contributed by atoms with Crippen LogP contribution in [0.2, 0.25) is 0 Å². The molecule has 58 heavy (non-hydrogen) atoms.